The summed E-state index contributed by atoms with van der Waals surface area (Å²) in [4.78, 5) is 38.3. The summed E-state index contributed by atoms with van der Waals surface area (Å²) in [6.07, 6.45) is -0.352. The number of rotatable bonds is 8. The summed E-state index contributed by atoms with van der Waals surface area (Å²) in [6.45, 7) is 7.06. The summed E-state index contributed by atoms with van der Waals surface area (Å²) < 4.78 is 7.09. The van der Waals surface area contributed by atoms with Gasteiger partial charge in [0, 0.05) is 22.9 Å². The van der Waals surface area contributed by atoms with E-state index in [1.54, 1.807) is 32.1 Å². The first-order valence-electron chi connectivity index (χ1n) is 9.60. The summed E-state index contributed by atoms with van der Waals surface area (Å²) in [5, 5.41) is 13.9. The van der Waals surface area contributed by atoms with Crippen LogP contribution in [0.2, 0.25) is 0 Å². The zero-order chi connectivity index (χ0) is 23.6. The van der Waals surface area contributed by atoms with Crippen LogP contribution in [0.1, 0.15) is 44.3 Å². The van der Waals surface area contributed by atoms with Crippen molar-refractivity contribution >= 4 is 57.2 Å². The van der Waals surface area contributed by atoms with Crippen LogP contribution in [0.15, 0.2) is 16.6 Å². The summed E-state index contributed by atoms with van der Waals surface area (Å²) >= 11 is 3.80. The Kier molecular flexibility index (Phi) is 7.36. The van der Waals surface area contributed by atoms with Gasteiger partial charge in [-0.3, -0.25) is 9.59 Å². The van der Waals surface area contributed by atoms with Crippen LogP contribution in [0.3, 0.4) is 0 Å². The molecule has 0 unspecified atom stereocenters. The van der Waals surface area contributed by atoms with Gasteiger partial charge in [0.15, 0.2) is 11.0 Å². The second kappa shape index (κ2) is 9.84. The standard InChI is InChI=1S/C20H23N5O4S3/c1-9(2)29-19(28)14-11(4)15(16(21)27)32-18(14)22-13(26)8-31-20-24-23-17(25(20)5)12-6-10(3)30-7-12/h6-7,9H,8H2,1-5H3,(H2,21,27)(H,22,26). The Balaban J connectivity index is 1.74. The van der Waals surface area contributed by atoms with Gasteiger partial charge in [-0.1, -0.05) is 11.8 Å². The molecule has 0 aromatic carbocycles. The summed E-state index contributed by atoms with van der Waals surface area (Å²) in [6, 6.07) is 2.03. The van der Waals surface area contributed by atoms with Gasteiger partial charge in [0.1, 0.15) is 5.00 Å². The molecule has 0 aliphatic rings. The van der Waals surface area contributed by atoms with Gasteiger partial charge in [-0.25, -0.2) is 4.79 Å². The highest BCUT2D eigenvalue weighted by molar-refractivity contribution is 7.99. The maximum absolute atomic E-state index is 12.6. The van der Waals surface area contributed by atoms with Crippen LogP contribution in [0, 0.1) is 13.8 Å². The second-order valence-corrected chi connectivity index (χ2v) is 10.3. The molecular weight excluding hydrogens is 470 g/mol. The van der Waals surface area contributed by atoms with Crippen LogP contribution in [-0.4, -0.2) is 44.4 Å². The van der Waals surface area contributed by atoms with Crippen molar-refractivity contribution in [3.05, 3.63) is 32.3 Å². The van der Waals surface area contributed by atoms with Gasteiger partial charge in [-0.05, 0) is 39.3 Å². The fourth-order valence-electron chi connectivity index (χ4n) is 2.90. The van der Waals surface area contributed by atoms with E-state index >= 15 is 0 Å². The number of thioether (sulfide) groups is 1. The predicted octanol–water partition coefficient (Wildman–Crippen LogP) is 3.62. The van der Waals surface area contributed by atoms with E-state index < -0.39 is 11.9 Å². The van der Waals surface area contributed by atoms with E-state index in [4.69, 9.17) is 10.5 Å². The maximum atomic E-state index is 12.6. The monoisotopic (exact) mass is 493 g/mol. The smallest absolute Gasteiger partial charge is 0.341 e. The van der Waals surface area contributed by atoms with Crippen molar-refractivity contribution in [3.8, 4) is 11.4 Å². The molecule has 0 atom stereocenters. The van der Waals surface area contributed by atoms with Crippen molar-refractivity contribution in [1.29, 1.82) is 0 Å². The van der Waals surface area contributed by atoms with E-state index in [0.717, 1.165) is 22.7 Å². The number of aromatic nitrogens is 3. The highest BCUT2D eigenvalue weighted by Gasteiger charge is 2.26. The van der Waals surface area contributed by atoms with Gasteiger partial charge in [0.2, 0.25) is 5.91 Å². The van der Waals surface area contributed by atoms with Crippen molar-refractivity contribution in [2.24, 2.45) is 12.8 Å². The van der Waals surface area contributed by atoms with Crippen LogP contribution in [-0.2, 0) is 16.6 Å². The normalized spacial score (nSPS) is 11.1. The summed E-state index contributed by atoms with van der Waals surface area (Å²) in [5.74, 6) is -0.891. The number of carbonyl (C=O) groups excluding carboxylic acids is 3. The topological polar surface area (TPSA) is 129 Å². The first kappa shape index (κ1) is 24.0. The highest BCUT2D eigenvalue weighted by Crippen LogP contribution is 2.34. The minimum absolute atomic E-state index is 0.0379. The number of amides is 2. The van der Waals surface area contributed by atoms with Crippen LogP contribution >= 0.6 is 34.4 Å². The molecule has 12 heteroatoms. The number of esters is 1. The average molecular weight is 494 g/mol. The van der Waals surface area contributed by atoms with Crippen molar-refractivity contribution in [2.75, 3.05) is 11.1 Å². The van der Waals surface area contributed by atoms with Gasteiger partial charge in [0.05, 0.1) is 22.3 Å². The van der Waals surface area contributed by atoms with Gasteiger partial charge in [-0.2, -0.15) is 0 Å². The number of hydrogen-bond acceptors (Lipinski definition) is 9. The quantitative estimate of drug-likeness (QED) is 0.362. The number of nitrogens with zero attached hydrogens (tertiary/aromatic N) is 3. The third-order valence-electron chi connectivity index (χ3n) is 4.33. The lowest BCUT2D eigenvalue weighted by atomic mass is 10.1. The third kappa shape index (κ3) is 5.19. The molecular formula is C20H23N5O4S3. The highest BCUT2D eigenvalue weighted by atomic mass is 32.2. The van der Waals surface area contributed by atoms with Crippen LogP contribution < -0.4 is 11.1 Å². The van der Waals surface area contributed by atoms with Crippen LogP contribution in [0.25, 0.3) is 11.4 Å². The molecule has 0 aliphatic carbocycles. The van der Waals surface area contributed by atoms with E-state index in [1.807, 2.05) is 30.0 Å². The molecule has 3 rings (SSSR count). The molecule has 3 aromatic rings. The first-order chi connectivity index (χ1) is 15.1. The van der Waals surface area contributed by atoms with Crippen LogP contribution in [0.4, 0.5) is 5.00 Å². The minimum Gasteiger partial charge on any atom is -0.459 e. The fraction of sp³-hybridized carbons (Fsp3) is 0.350. The SMILES string of the molecule is Cc1cc(-c2nnc(SCC(=O)Nc3sc(C(N)=O)c(C)c3C(=O)OC(C)C)n2C)cs1. The Morgan fingerprint density at radius 3 is 2.59 bits per heavy atom. The number of ether oxygens (including phenoxy) is 1. The summed E-state index contributed by atoms with van der Waals surface area (Å²) in [7, 11) is 1.84. The Labute approximate surface area is 197 Å². The number of carbonyl (C=O) groups is 3. The Hall–Kier alpha value is -2.70. The lowest BCUT2D eigenvalue weighted by Gasteiger charge is -2.10. The molecule has 0 bridgehead atoms. The van der Waals surface area contributed by atoms with Gasteiger partial charge < -0.3 is 20.4 Å². The van der Waals surface area contributed by atoms with E-state index in [9.17, 15) is 14.4 Å². The molecule has 0 radical (unpaired) electrons. The molecule has 0 saturated heterocycles. The lowest BCUT2D eigenvalue weighted by molar-refractivity contribution is -0.113. The number of anilines is 1. The molecule has 3 heterocycles. The van der Waals surface area contributed by atoms with Crippen molar-refractivity contribution in [3.63, 3.8) is 0 Å². The lowest BCUT2D eigenvalue weighted by Crippen LogP contribution is -2.18. The Morgan fingerprint density at radius 1 is 1.28 bits per heavy atom. The van der Waals surface area contributed by atoms with Gasteiger partial charge in [0.25, 0.3) is 5.91 Å². The molecule has 0 fully saturated rings. The second-order valence-electron chi connectivity index (χ2n) is 7.23. The predicted molar refractivity (Wildman–Crippen MR) is 127 cm³/mol. The third-order valence-corrected chi connectivity index (χ3v) is 7.43. The zero-order valence-electron chi connectivity index (χ0n) is 18.2. The van der Waals surface area contributed by atoms with Crippen molar-refractivity contribution in [1.82, 2.24) is 14.8 Å². The molecule has 3 aromatic heterocycles. The van der Waals surface area contributed by atoms with E-state index in [2.05, 4.69) is 15.5 Å². The van der Waals surface area contributed by atoms with Gasteiger partial charge >= 0.3 is 5.97 Å². The Morgan fingerprint density at radius 2 is 2.00 bits per heavy atom. The minimum atomic E-state index is -0.670. The van der Waals surface area contributed by atoms with Crippen molar-refractivity contribution < 1.29 is 19.1 Å². The van der Waals surface area contributed by atoms with Crippen LogP contribution in [0.5, 0.6) is 0 Å². The Bertz CT molecular complexity index is 1180. The zero-order valence-corrected chi connectivity index (χ0v) is 20.7. The largest absolute Gasteiger partial charge is 0.459 e. The summed E-state index contributed by atoms with van der Waals surface area (Å²) in [5.41, 5.74) is 6.92. The van der Waals surface area contributed by atoms with E-state index in [1.165, 1.54) is 16.6 Å². The molecule has 170 valence electrons. The first-order valence-corrected chi connectivity index (χ1v) is 12.3. The molecule has 32 heavy (non-hydrogen) atoms. The number of thiophene rings is 2. The number of hydrogen-bond donors (Lipinski definition) is 2. The molecule has 2 amide bonds. The van der Waals surface area contributed by atoms with Crippen molar-refractivity contribution in [2.45, 2.75) is 39.0 Å². The molecule has 3 N–H and O–H groups in total. The fourth-order valence-corrected chi connectivity index (χ4v) is 5.36. The van der Waals surface area contributed by atoms with Gasteiger partial charge in [-0.15, -0.1) is 32.9 Å². The molecule has 9 nitrogen and oxygen atoms in total. The maximum Gasteiger partial charge on any atom is 0.341 e. The molecule has 0 spiro atoms. The van der Waals surface area contributed by atoms with E-state index in [0.29, 0.717) is 10.7 Å². The number of nitrogens with one attached hydrogen (secondary N) is 1. The number of aryl methyl sites for hydroxylation is 1. The number of nitrogens with two attached hydrogens (primary N) is 1. The molecule has 0 aliphatic heterocycles. The number of primary amides is 1. The van der Waals surface area contributed by atoms with E-state index in [-0.39, 0.29) is 33.2 Å². The molecule has 0 saturated carbocycles. The average Bonchev–Trinajstić information content (AvgIpc) is 3.37.